The molecule has 0 saturated heterocycles. The number of ketones is 1. The standard InChI is InChI=1S/C26H28O.C2H6/c1-17(27)18-6-7-20-15-21(9-8-19(20)14-18)22-10-11-23-24(16-22)26(4,5)13-12-25(23,2)3;1-2/h6-11,14-16H,12-13H2,1-5H3;1-2H3. The minimum absolute atomic E-state index is 0.112. The van der Waals surface area contributed by atoms with Crippen LogP contribution in [0, 0.1) is 0 Å². The van der Waals surface area contributed by atoms with E-state index in [1.54, 1.807) is 6.92 Å². The van der Waals surface area contributed by atoms with Gasteiger partial charge in [0, 0.05) is 5.56 Å². The fourth-order valence-corrected chi connectivity index (χ4v) is 4.41. The van der Waals surface area contributed by atoms with Crippen LogP contribution in [0.15, 0.2) is 54.6 Å². The summed E-state index contributed by atoms with van der Waals surface area (Å²) in [5.74, 6) is 0.112. The van der Waals surface area contributed by atoms with Gasteiger partial charge in [-0.25, -0.2) is 0 Å². The Hall–Kier alpha value is -2.41. The van der Waals surface area contributed by atoms with Crippen LogP contribution in [0.2, 0.25) is 0 Å². The summed E-state index contributed by atoms with van der Waals surface area (Å²) in [5, 5.41) is 2.29. The van der Waals surface area contributed by atoms with Crippen molar-refractivity contribution < 1.29 is 4.79 Å². The van der Waals surface area contributed by atoms with Crippen LogP contribution in [0.25, 0.3) is 21.9 Å². The third kappa shape index (κ3) is 4.01. The molecule has 1 heteroatoms. The Morgan fingerprint density at radius 1 is 0.690 bits per heavy atom. The van der Waals surface area contributed by atoms with Gasteiger partial charge >= 0.3 is 0 Å². The first-order valence-electron chi connectivity index (χ1n) is 10.9. The molecule has 1 aliphatic rings. The van der Waals surface area contributed by atoms with Crippen LogP contribution in [-0.2, 0) is 10.8 Å². The second-order valence-electron chi connectivity index (χ2n) is 9.36. The van der Waals surface area contributed by atoms with E-state index >= 15 is 0 Å². The van der Waals surface area contributed by atoms with E-state index in [0.29, 0.717) is 0 Å². The summed E-state index contributed by atoms with van der Waals surface area (Å²) in [4.78, 5) is 11.6. The normalized spacial score (nSPS) is 16.5. The Labute approximate surface area is 176 Å². The van der Waals surface area contributed by atoms with Gasteiger partial charge in [0.15, 0.2) is 5.78 Å². The first-order chi connectivity index (χ1) is 13.7. The predicted molar refractivity (Wildman–Crippen MR) is 126 cm³/mol. The van der Waals surface area contributed by atoms with Crippen LogP contribution >= 0.6 is 0 Å². The van der Waals surface area contributed by atoms with Gasteiger partial charge in [-0.05, 0) is 75.8 Å². The molecule has 152 valence electrons. The molecule has 1 aliphatic carbocycles. The van der Waals surface area contributed by atoms with E-state index < -0.39 is 0 Å². The van der Waals surface area contributed by atoms with E-state index in [1.165, 1.54) is 40.5 Å². The minimum Gasteiger partial charge on any atom is -0.295 e. The Bertz CT molecular complexity index is 1050. The topological polar surface area (TPSA) is 17.1 Å². The van der Waals surface area contributed by atoms with Crippen LogP contribution < -0.4 is 0 Å². The Morgan fingerprint density at radius 2 is 1.21 bits per heavy atom. The van der Waals surface area contributed by atoms with E-state index in [-0.39, 0.29) is 16.6 Å². The molecule has 3 aromatic rings. The van der Waals surface area contributed by atoms with Crippen LogP contribution in [-0.4, -0.2) is 5.78 Å². The lowest BCUT2D eigenvalue weighted by atomic mass is 9.63. The molecule has 3 aromatic carbocycles. The zero-order valence-electron chi connectivity index (χ0n) is 19.0. The van der Waals surface area contributed by atoms with Crippen molar-refractivity contribution >= 4 is 16.6 Å². The number of fused-ring (bicyclic) bond motifs is 2. The van der Waals surface area contributed by atoms with Crippen LogP contribution in [0.4, 0.5) is 0 Å². The van der Waals surface area contributed by atoms with Crippen molar-refractivity contribution in [1.82, 2.24) is 0 Å². The first-order valence-corrected chi connectivity index (χ1v) is 10.9. The molecule has 0 N–H and O–H groups in total. The summed E-state index contributed by atoms with van der Waals surface area (Å²) < 4.78 is 0. The SMILES string of the molecule is CC.CC(=O)c1ccc2cc(-c3ccc4c(c3)C(C)(C)CCC4(C)C)ccc2c1. The highest BCUT2D eigenvalue weighted by atomic mass is 16.1. The smallest absolute Gasteiger partial charge is 0.159 e. The second-order valence-corrected chi connectivity index (χ2v) is 9.36. The fraction of sp³-hybridized carbons (Fsp3) is 0.393. The molecular formula is C28H34O. The largest absolute Gasteiger partial charge is 0.295 e. The maximum Gasteiger partial charge on any atom is 0.159 e. The summed E-state index contributed by atoms with van der Waals surface area (Å²) in [5.41, 5.74) is 6.73. The van der Waals surface area contributed by atoms with E-state index in [2.05, 4.69) is 70.2 Å². The lowest BCUT2D eigenvalue weighted by molar-refractivity contribution is 0.101. The zero-order chi connectivity index (χ0) is 21.4. The molecule has 0 spiro atoms. The number of benzene rings is 3. The van der Waals surface area contributed by atoms with Crippen molar-refractivity contribution in [2.45, 2.75) is 72.1 Å². The molecule has 0 aliphatic heterocycles. The minimum atomic E-state index is 0.112. The third-order valence-electron chi connectivity index (χ3n) is 6.43. The highest BCUT2D eigenvalue weighted by Crippen LogP contribution is 2.46. The van der Waals surface area contributed by atoms with Gasteiger partial charge in [0.2, 0.25) is 0 Å². The van der Waals surface area contributed by atoms with Gasteiger partial charge in [0.05, 0.1) is 0 Å². The lowest BCUT2D eigenvalue weighted by Gasteiger charge is -2.42. The highest BCUT2D eigenvalue weighted by molar-refractivity contribution is 5.99. The van der Waals surface area contributed by atoms with Crippen molar-refractivity contribution in [3.05, 3.63) is 71.3 Å². The highest BCUT2D eigenvalue weighted by Gasteiger charge is 2.36. The van der Waals surface area contributed by atoms with Crippen LogP contribution in [0.3, 0.4) is 0 Å². The number of Topliss-reactive ketones (excluding diaryl/α,β-unsaturated/α-hetero) is 1. The van der Waals surface area contributed by atoms with E-state index in [0.717, 1.165) is 10.9 Å². The van der Waals surface area contributed by atoms with E-state index in [9.17, 15) is 4.79 Å². The summed E-state index contributed by atoms with van der Waals surface area (Å²) in [6, 6.07) is 19.5. The quantitative estimate of drug-likeness (QED) is 0.407. The molecule has 4 rings (SSSR count). The predicted octanol–water partition coefficient (Wildman–Crippen LogP) is 8.08. The molecule has 0 bridgehead atoms. The molecule has 0 aromatic heterocycles. The van der Waals surface area contributed by atoms with Crippen molar-refractivity contribution in [3.8, 4) is 11.1 Å². The van der Waals surface area contributed by atoms with E-state index in [4.69, 9.17) is 0 Å². The van der Waals surface area contributed by atoms with Crippen molar-refractivity contribution in [3.63, 3.8) is 0 Å². The number of carbonyl (C=O) groups excluding carboxylic acids is 1. The van der Waals surface area contributed by atoms with Gasteiger partial charge in [-0.1, -0.05) is 84.0 Å². The van der Waals surface area contributed by atoms with Gasteiger partial charge in [-0.2, -0.15) is 0 Å². The molecule has 0 amide bonds. The van der Waals surface area contributed by atoms with Gasteiger partial charge < -0.3 is 0 Å². The summed E-state index contributed by atoms with van der Waals surface area (Å²) in [6.07, 6.45) is 2.46. The van der Waals surface area contributed by atoms with Crippen LogP contribution in [0.1, 0.15) is 82.8 Å². The average molecular weight is 387 g/mol. The Balaban J connectivity index is 0.00000117. The van der Waals surface area contributed by atoms with Crippen LogP contribution in [0.5, 0.6) is 0 Å². The zero-order valence-corrected chi connectivity index (χ0v) is 19.0. The van der Waals surface area contributed by atoms with Crippen molar-refractivity contribution in [1.29, 1.82) is 0 Å². The van der Waals surface area contributed by atoms with Gasteiger partial charge in [-0.3, -0.25) is 4.79 Å². The summed E-state index contributed by atoms with van der Waals surface area (Å²) in [7, 11) is 0. The third-order valence-corrected chi connectivity index (χ3v) is 6.43. The van der Waals surface area contributed by atoms with Gasteiger partial charge in [-0.15, -0.1) is 0 Å². The average Bonchev–Trinajstić information content (AvgIpc) is 2.72. The fourth-order valence-electron chi connectivity index (χ4n) is 4.41. The summed E-state index contributed by atoms with van der Waals surface area (Å²) >= 11 is 0. The molecule has 0 fully saturated rings. The van der Waals surface area contributed by atoms with Crippen molar-refractivity contribution in [2.24, 2.45) is 0 Å². The lowest BCUT2D eigenvalue weighted by Crippen LogP contribution is -2.33. The second kappa shape index (κ2) is 7.78. The monoisotopic (exact) mass is 386 g/mol. The van der Waals surface area contributed by atoms with Gasteiger partial charge in [0.25, 0.3) is 0 Å². The number of carbonyl (C=O) groups is 1. The molecule has 1 nitrogen and oxygen atoms in total. The number of hydrogen-bond acceptors (Lipinski definition) is 1. The van der Waals surface area contributed by atoms with Crippen molar-refractivity contribution in [2.75, 3.05) is 0 Å². The maximum absolute atomic E-state index is 11.6. The molecule has 0 heterocycles. The molecular weight excluding hydrogens is 352 g/mol. The maximum atomic E-state index is 11.6. The molecule has 29 heavy (non-hydrogen) atoms. The Morgan fingerprint density at radius 3 is 1.86 bits per heavy atom. The first kappa shape index (κ1) is 21.3. The van der Waals surface area contributed by atoms with Gasteiger partial charge in [0.1, 0.15) is 0 Å². The number of hydrogen-bond donors (Lipinski definition) is 0. The molecule has 0 unspecified atom stereocenters. The summed E-state index contributed by atoms with van der Waals surface area (Å²) in [6.45, 7) is 15.1. The van der Waals surface area contributed by atoms with E-state index in [1.807, 2.05) is 26.0 Å². The molecule has 0 atom stereocenters. The number of rotatable bonds is 2. The molecule has 0 saturated carbocycles. The molecule has 0 radical (unpaired) electrons. The Kier molecular flexibility index (Phi) is 5.72.